The minimum Gasteiger partial charge on any atom is -0.258 e. The van der Waals surface area contributed by atoms with Crippen molar-refractivity contribution in [1.82, 2.24) is 0 Å². The molecule has 0 amide bonds. The molecule has 0 aliphatic heterocycles. The topological polar surface area (TPSA) is 66.9 Å². The van der Waals surface area contributed by atoms with Crippen LogP contribution in [-0.2, 0) is 5.41 Å². The molecule has 1 fully saturated rings. The minimum absolute atomic E-state index is 0.0727. The van der Waals surface area contributed by atoms with Gasteiger partial charge in [-0.25, -0.2) is 0 Å². The van der Waals surface area contributed by atoms with Gasteiger partial charge in [0.05, 0.1) is 16.4 Å². The molecule has 0 heterocycles. The number of non-ortho nitro benzene ring substituents is 1. The van der Waals surface area contributed by atoms with Gasteiger partial charge in [-0.2, -0.15) is 5.26 Å². The predicted octanol–water partition coefficient (Wildman–Crippen LogP) is 3.81. The second kappa shape index (κ2) is 4.34. The molecule has 0 N–H and O–H groups in total. The summed E-state index contributed by atoms with van der Waals surface area (Å²) in [6, 6.07) is 8.83. The van der Waals surface area contributed by atoms with Gasteiger partial charge in [-0.1, -0.05) is 32.9 Å². The van der Waals surface area contributed by atoms with Crippen molar-refractivity contribution in [2.24, 2.45) is 11.3 Å². The Hall–Kier alpha value is -1.89. The third-order valence-corrected chi connectivity index (χ3v) is 4.26. The van der Waals surface area contributed by atoms with Crippen molar-refractivity contribution in [3.05, 3.63) is 39.9 Å². The van der Waals surface area contributed by atoms with Crippen molar-refractivity contribution in [2.75, 3.05) is 0 Å². The maximum Gasteiger partial charge on any atom is 0.269 e. The van der Waals surface area contributed by atoms with Gasteiger partial charge in [-0.3, -0.25) is 10.1 Å². The lowest BCUT2D eigenvalue weighted by Gasteiger charge is -2.49. The van der Waals surface area contributed by atoms with Gasteiger partial charge < -0.3 is 0 Å². The highest BCUT2D eigenvalue weighted by Gasteiger charge is 2.49. The summed E-state index contributed by atoms with van der Waals surface area (Å²) in [6.07, 6.45) is 1.68. The summed E-state index contributed by atoms with van der Waals surface area (Å²) in [4.78, 5) is 10.2. The molecule has 1 aromatic rings. The van der Waals surface area contributed by atoms with E-state index < -0.39 is 10.3 Å². The Morgan fingerprint density at radius 1 is 1.32 bits per heavy atom. The van der Waals surface area contributed by atoms with Crippen molar-refractivity contribution in [3.8, 4) is 6.07 Å². The van der Waals surface area contributed by atoms with Crippen LogP contribution >= 0.6 is 0 Å². The number of nitro benzene ring substituents is 1. The second-order valence-electron chi connectivity index (χ2n) is 6.47. The summed E-state index contributed by atoms with van der Waals surface area (Å²) in [5.74, 6) is 0.530. The van der Waals surface area contributed by atoms with Crippen LogP contribution in [0.25, 0.3) is 0 Å². The van der Waals surface area contributed by atoms with Crippen LogP contribution in [0.4, 0.5) is 5.69 Å². The number of nitrogens with zero attached hydrogens (tertiary/aromatic N) is 2. The molecule has 1 aromatic carbocycles. The molecule has 0 aromatic heterocycles. The van der Waals surface area contributed by atoms with Crippen molar-refractivity contribution in [1.29, 1.82) is 5.26 Å². The first-order valence-corrected chi connectivity index (χ1v) is 6.45. The normalized spacial score (nSPS) is 26.3. The van der Waals surface area contributed by atoms with E-state index in [-0.39, 0.29) is 11.1 Å². The Bertz CT molecular complexity index is 529. The molecule has 1 aliphatic carbocycles. The fraction of sp³-hybridized carbons (Fsp3) is 0.533. The summed E-state index contributed by atoms with van der Waals surface area (Å²) >= 11 is 0. The first-order valence-electron chi connectivity index (χ1n) is 6.45. The molecule has 0 atom stereocenters. The summed E-state index contributed by atoms with van der Waals surface area (Å²) in [5.41, 5.74) is 0.735. The summed E-state index contributed by atoms with van der Waals surface area (Å²) in [5, 5.41) is 20.1. The second-order valence-corrected chi connectivity index (χ2v) is 6.47. The fourth-order valence-electron chi connectivity index (χ4n) is 2.69. The average Bonchev–Trinajstić information content (AvgIpc) is 2.27. The van der Waals surface area contributed by atoms with E-state index in [0.717, 1.165) is 18.4 Å². The first-order chi connectivity index (χ1) is 8.78. The van der Waals surface area contributed by atoms with Crippen LogP contribution in [0.3, 0.4) is 0 Å². The Labute approximate surface area is 113 Å². The largest absolute Gasteiger partial charge is 0.269 e. The van der Waals surface area contributed by atoms with Crippen molar-refractivity contribution >= 4 is 5.69 Å². The Morgan fingerprint density at radius 2 is 1.84 bits per heavy atom. The van der Waals surface area contributed by atoms with Crippen LogP contribution in [0.5, 0.6) is 0 Å². The molecule has 0 spiro atoms. The van der Waals surface area contributed by atoms with Crippen molar-refractivity contribution in [2.45, 2.75) is 39.0 Å². The molecule has 1 saturated carbocycles. The van der Waals surface area contributed by atoms with Crippen LogP contribution in [0.15, 0.2) is 24.3 Å². The van der Waals surface area contributed by atoms with Gasteiger partial charge in [0.2, 0.25) is 0 Å². The number of hydrogen-bond donors (Lipinski definition) is 0. The van der Waals surface area contributed by atoms with Crippen LogP contribution in [0, 0.1) is 32.8 Å². The SMILES string of the molecule is CC(C)(C)C1CC(C#N)(c2ccc([N+](=O)[O-])cc2)C1. The molecule has 4 heteroatoms. The highest BCUT2D eigenvalue weighted by Crippen LogP contribution is 2.54. The lowest BCUT2D eigenvalue weighted by molar-refractivity contribution is -0.384. The monoisotopic (exact) mass is 258 g/mol. The van der Waals surface area contributed by atoms with Gasteiger partial charge >= 0.3 is 0 Å². The van der Waals surface area contributed by atoms with Gasteiger partial charge in [0.15, 0.2) is 0 Å². The third-order valence-electron chi connectivity index (χ3n) is 4.26. The molecule has 0 unspecified atom stereocenters. The van der Waals surface area contributed by atoms with E-state index in [0.29, 0.717) is 5.92 Å². The van der Waals surface area contributed by atoms with Crippen molar-refractivity contribution in [3.63, 3.8) is 0 Å². The molecule has 2 rings (SSSR count). The maximum atomic E-state index is 10.6. The molecule has 19 heavy (non-hydrogen) atoms. The molecule has 0 radical (unpaired) electrons. The van der Waals surface area contributed by atoms with E-state index in [1.54, 1.807) is 12.1 Å². The fourth-order valence-corrected chi connectivity index (χ4v) is 2.69. The van der Waals surface area contributed by atoms with Crippen LogP contribution in [0.2, 0.25) is 0 Å². The quantitative estimate of drug-likeness (QED) is 0.598. The zero-order valence-corrected chi connectivity index (χ0v) is 11.5. The molecular formula is C15H18N2O2. The summed E-state index contributed by atoms with van der Waals surface area (Å²) < 4.78 is 0. The average molecular weight is 258 g/mol. The molecule has 0 bridgehead atoms. The minimum atomic E-state index is -0.451. The van der Waals surface area contributed by atoms with Crippen LogP contribution < -0.4 is 0 Å². The molecular weight excluding hydrogens is 240 g/mol. The zero-order chi connectivity index (χ0) is 14.3. The van der Waals surface area contributed by atoms with E-state index in [1.165, 1.54) is 12.1 Å². The number of rotatable bonds is 2. The van der Waals surface area contributed by atoms with Gasteiger partial charge in [0, 0.05) is 12.1 Å². The maximum absolute atomic E-state index is 10.6. The van der Waals surface area contributed by atoms with Gasteiger partial charge in [-0.05, 0) is 29.7 Å². The lowest BCUT2D eigenvalue weighted by atomic mass is 9.53. The lowest BCUT2D eigenvalue weighted by Crippen LogP contribution is -2.45. The summed E-state index contributed by atoms with van der Waals surface area (Å²) in [7, 11) is 0. The zero-order valence-electron chi connectivity index (χ0n) is 11.5. The van der Waals surface area contributed by atoms with Gasteiger partial charge in [0.1, 0.15) is 0 Å². The Kier molecular flexibility index (Phi) is 3.09. The van der Waals surface area contributed by atoms with Gasteiger partial charge in [0.25, 0.3) is 5.69 Å². The number of nitriles is 1. The highest BCUT2D eigenvalue weighted by molar-refractivity contribution is 5.41. The van der Waals surface area contributed by atoms with E-state index in [9.17, 15) is 15.4 Å². The Balaban J connectivity index is 2.21. The van der Waals surface area contributed by atoms with Crippen molar-refractivity contribution < 1.29 is 4.92 Å². The molecule has 0 saturated heterocycles. The smallest absolute Gasteiger partial charge is 0.258 e. The van der Waals surface area contributed by atoms with E-state index >= 15 is 0 Å². The van der Waals surface area contributed by atoms with Crippen LogP contribution in [-0.4, -0.2) is 4.92 Å². The number of benzene rings is 1. The molecule has 4 nitrogen and oxygen atoms in total. The Morgan fingerprint density at radius 3 is 2.21 bits per heavy atom. The third kappa shape index (κ3) is 2.33. The van der Waals surface area contributed by atoms with E-state index in [4.69, 9.17) is 0 Å². The first kappa shape index (κ1) is 13.5. The molecule has 100 valence electrons. The van der Waals surface area contributed by atoms with E-state index in [1.807, 2.05) is 0 Å². The number of hydrogen-bond acceptors (Lipinski definition) is 3. The van der Waals surface area contributed by atoms with Gasteiger partial charge in [-0.15, -0.1) is 0 Å². The van der Waals surface area contributed by atoms with Crippen LogP contribution in [0.1, 0.15) is 39.2 Å². The van der Waals surface area contributed by atoms with E-state index in [2.05, 4.69) is 26.8 Å². The summed E-state index contributed by atoms with van der Waals surface area (Å²) in [6.45, 7) is 6.57. The standard InChI is InChI=1S/C15H18N2O2/c1-14(2,3)12-8-15(9-12,10-16)11-4-6-13(7-5-11)17(18)19/h4-7,12H,8-9H2,1-3H3. The molecule has 1 aliphatic rings. The number of nitro groups is 1. The predicted molar refractivity (Wildman–Crippen MR) is 72.6 cm³/mol. The highest BCUT2D eigenvalue weighted by atomic mass is 16.6.